The summed E-state index contributed by atoms with van der Waals surface area (Å²) in [7, 11) is 0. The first-order valence-electron chi connectivity index (χ1n) is 5.82. The molecule has 0 radical (unpaired) electrons. The summed E-state index contributed by atoms with van der Waals surface area (Å²) in [6.45, 7) is 0.470. The molecule has 0 N–H and O–H groups in total. The fraction of sp³-hybridized carbons (Fsp3) is 0.462. The highest BCUT2D eigenvalue weighted by Crippen LogP contribution is 2.25. The Morgan fingerprint density at radius 2 is 2.12 bits per heavy atom. The summed E-state index contributed by atoms with van der Waals surface area (Å²) in [5.74, 6) is -0.331. The lowest BCUT2D eigenvalue weighted by Crippen LogP contribution is -2.12. The molecule has 0 spiro atoms. The maximum atomic E-state index is 13.0. The average Bonchev–Trinajstić information content (AvgIpc) is 2.82. The maximum Gasteiger partial charge on any atom is 0.338 e. The molecular formula is C13H15FO2S. The zero-order chi connectivity index (χ0) is 12.3. The molecule has 1 aromatic carbocycles. The summed E-state index contributed by atoms with van der Waals surface area (Å²) < 4.78 is 18.2. The number of hydrogen-bond donors (Lipinski definition) is 1. The molecule has 0 aliphatic heterocycles. The molecule has 0 bridgehead atoms. The van der Waals surface area contributed by atoms with E-state index >= 15 is 0 Å². The Bertz CT molecular complexity index is 414. The number of carbonyl (C=O) groups is 1. The van der Waals surface area contributed by atoms with E-state index in [1.807, 2.05) is 0 Å². The second-order valence-corrected chi connectivity index (χ2v) is 4.90. The van der Waals surface area contributed by atoms with Crippen molar-refractivity contribution in [1.82, 2.24) is 0 Å². The predicted molar refractivity (Wildman–Crippen MR) is 65.9 cm³/mol. The van der Waals surface area contributed by atoms with E-state index in [9.17, 15) is 9.18 Å². The van der Waals surface area contributed by atoms with Crippen LogP contribution in [0.15, 0.2) is 23.1 Å². The normalized spacial score (nSPS) is 16.1. The van der Waals surface area contributed by atoms with Gasteiger partial charge in [0, 0.05) is 4.90 Å². The second kappa shape index (κ2) is 5.54. The third-order valence-corrected chi connectivity index (χ3v) is 3.45. The molecule has 2 rings (SSSR count). The van der Waals surface area contributed by atoms with E-state index in [1.54, 1.807) is 0 Å². The maximum absolute atomic E-state index is 13.0. The quantitative estimate of drug-likeness (QED) is 0.660. The zero-order valence-corrected chi connectivity index (χ0v) is 10.4. The van der Waals surface area contributed by atoms with Gasteiger partial charge in [0.15, 0.2) is 0 Å². The minimum absolute atomic E-state index is 0.167. The van der Waals surface area contributed by atoms with Crippen molar-refractivity contribution in [3.8, 4) is 0 Å². The Morgan fingerprint density at radius 3 is 2.76 bits per heavy atom. The molecule has 2 nitrogen and oxygen atoms in total. The summed E-state index contributed by atoms with van der Waals surface area (Å²) >= 11 is 3.93. The van der Waals surface area contributed by atoms with Crippen LogP contribution in [0.3, 0.4) is 0 Å². The van der Waals surface area contributed by atoms with Crippen LogP contribution in [0, 0.1) is 11.7 Å². The molecule has 1 fully saturated rings. The van der Waals surface area contributed by atoms with Crippen LogP contribution in [0.5, 0.6) is 0 Å². The Hall–Kier alpha value is -1.03. The summed E-state index contributed by atoms with van der Waals surface area (Å²) in [6.07, 6.45) is 4.71. The molecule has 1 saturated carbocycles. The van der Waals surface area contributed by atoms with Crippen molar-refractivity contribution < 1.29 is 13.9 Å². The fourth-order valence-electron chi connectivity index (χ4n) is 2.09. The van der Waals surface area contributed by atoms with Crippen LogP contribution in [-0.4, -0.2) is 12.6 Å². The number of rotatable bonds is 3. The van der Waals surface area contributed by atoms with Crippen molar-refractivity contribution in [2.45, 2.75) is 30.6 Å². The van der Waals surface area contributed by atoms with E-state index in [1.165, 1.54) is 31.0 Å². The van der Waals surface area contributed by atoms with Gasteiger partial charge in [-0.25, -0.2) is 9.18 Å². The van der Waals surface area contributed by atoms with Crippen LogP contribution in [0.25, 0.3) is 0 Å². The highest BCUT2D eigenvalue weighted by molar-refractivity contribution is 7.80. The molecule has 0 unspecified atom stereocenters. The SMILES string of the molecule is O=C(OCC1CCCC1)c1ccc(F)c(S)c1. The number of benzene rings is 1. The van der Waals surface area contributed by atoms with Gasteiger partial charge >= 0.3 is 5.97 Å². The first kappa shape index (κ1) is 12.4. The molecule has 0 heterocycles. The number of esters is 1. The smallest absolute Gasteiger partial charge is 0.338 e. The first-order valence-corrected chi connectivity index (χ1v) is 6.27. The van der Waals surface area contributed by atoms with Crippen LogP contribution < -0.4 is 0 Å². The Kier molecular flexibility index (Phi) is 4.05. The van der Waals surface area contributed by atoms with Gasteiger partial charge < -0.3 is 4.74 Å². The summed E-state index contributed by atoms with van der Waals surface area (Å²) in [5, 5.41) is 0. The monoisotopic (exact) mass is 254 g/mol. The zero-order valence-electron chi connectivity index (χ0n) is 9.49. The van der Waals surface area contributed by atoms with Crippen molar-refractivity contribution in [3.63, 3.8) is 0 Å². The number of halogens is 1. The number of carbonyl (C=O) groups excluding carboxylic acids is 1. The minimum atomic E-state index is -0.430. The fourth-order valence-corrected chi connectivity index (χ4v) is 2.31. The molecule has 92 valence electrons. The van der Waals surface area contributed by atoms with E-state index in [0.29, 0.717) is 18.1 Å². The van der Waals surface area contributed by atoms with E-state index in [-0.39, 0.29) is 4.90 Å². The van der Waals surface area contributed by atoms with Gasteiger partial charge in [-0.3, -0.25) is 0 Å². The molecule has 1 aliphatic rings. The molecule has 4 heteroatoms. The summed E-state index contributed by atoms with van der Waals surface area (Å²) in [6, 6.07) is 4.05. The van der Waals surface area contributed by atoms with E-state index in [2.05, 4.69) is 12.6 Å². The lowest BCUT2D eigenvalue weighted by Gasteiger charge is -2.10. The van der Waals surface area contributed by atoms with E-state index in [4.69, 9.17) is 4.74 Å². The van der Waals surface area contributed by atoms with Gasteiger partial charge in [-0.1, -0.05) is 12.8 Å². The van der Waals surface area contributed by atoms with Gasteiger partial charge in [-0.2, -0.15) is 0 Å². The van der Waals surface area contributed by atoms with Crippen LogP contribution in [0.1, 0.15) is 36.0 Å². The highest BCUT2D eigenvalue weighted by atomic mass is 32.1. The lowest BCUT2D eigenvalue weighted by atomic mass is 10.1. The van der Waals surface area contributed by atoms with Gasteiger partial charge in [0.2, 0.25) is 0 Å². The van der Waals surface area contributed by atoms with Gasteiger partial charge in [-0.05, 0) is 37.0 Å². The standard InChI is InChI=1S/C13H15FO2S/c14-11-6-5-10(7-12(11)17)13(15)16-8-9-3-1-2-4-9/h5-7,9,17H,1-4,8H2. The topological polar surface area (TPSA) is 26.3 Å². The highest BCUT2D eigenvalue weighted by Gasteiger charge is 2.17. The summed E-state index contributed by atoms with van der Waals surface area (Å²) in [4.78, 5) is 11.9. The van der Waals surface area contributed by atoms with Crippen molar-refractivity contribution in [3.05, 3.63) is 29.6 Å². The van der Waals surface area contributed by atoms with E-state index in [0.717, 1.165) is 12.8 Å². The Balaban J connectivity index is 1.92. The van der Waals surface area contributed by atoms with Crippen molar-refractivity contribution in [2.75, 3.05) is 6.61 Å². The molecular weight excluding hydrogens is 239 g/mol. The molecule has 0 amide bonds. The molecule has 1 aromatic rings. The number of thiol groups is 1. The van der Waals surface area contributed by atoms with E-state index < -0.39 is 11.8 Å². The van der Waals surface area contributed by atoms with Gasteiger partial charge in [0.1, 0.15) is 5.82 Å². The average molecular weight is 254 g/mol. The molecule has 0 aromatic heterocycles. The third-order valence-electron chi connectivity index (χ3n) is 3.11. The molecule has 0 atom stereocenters. The van der Waals surface area contributed by atoms with Crippen molar-refractivity contribution in [2.24, 2.45) is 5.92 Å². The van der Waals surface area contributed by atoms with Gasteiger partial charge in [0.25, 0.3) is 0 Å². The Morgan fingerprint density at radius 1 is 1.41 bits per heavy atom. The van der Waals surface area contributed by atoms with Crippen LogP contribution in [-0.2, 0) is 4.74 Å². The molecule has 17 heavy (non-hydrogen) atoms. The lowest BCUT2D eigenvalue weighted by molar-refractivity contribution is 0.0442. The predicted octanol–water partition coefficient (Wildman–Crippen LogP) is 3.46. The van der Waals surface area contributed by atoms with Gasteiger partial charge in [-0.15, -0.1) is 12.6 Å². The van der Waals surface area contributed by atoms with Crippen LogP contribution in [0.2, 0.25) is 0 Å². The summed E-state index contributed by atoms with van der Waals surface area (Å²) in [5.41, 5.74) is 0.356. The van der Waals surface area contributed by atoms with Crippen LogP contribution >= 0.6 is 12.6 Å². The van der Waals surface area contributed by atoms with Gasteiger partial charge in [0.05, 0.1) is 12.2 Å². The molecule has 1 aliphatic carbocycles. The van der Waals surface area contributed by atoms with Crippen molar-refractivity contribution in [1.29, 1.82) is 0 Å². The Labute approximate surface area is 106 Å². The second-order valence-electron chi connectivity index (χ2n) is 4.42. The minimum Gasteiger partial charge on any atom is -0.462 e. The molecule has 0 saturated heterocycles. The number of ether oxygens (including phenoxy) is 1. The largest absolute Gasteiger partial charge is 0.462 e. The first-order chi connectivity index (χ1) is 8.16. The van der Waals surface area contributed by atoms with Crippen LogP contribution in [0.4, 0.5) is 4.39 Å². The third kappa shape index (κ3) is 3.22. The van der Waals surface area contributed by atoms with Crippen molar-refractivity contribution >= 4 is 18.6 Å². The number of hydrogen-bond acceptors (Lipinski definition) is 3.